The summed E-state index contributed by atoms with van der Waals surface area (Å²) in [7, 11) is 0. The standard InChI is InChI=1S/C11H9NO6/c13-8-5-6(1-2-7(8)11(17)18)12-9(14)3-4-10(15)16/h1-5,13H,(H,12,14)(H,15,16)(H,17,18)/b4-3+. The zero-order valence-corrected chi connectivity index (χ0v) is 8.95. The van der Waals surface area contributed by atoms with Gasteiger partial charge in [0, 0.05) is 23.9 Å². The number of phenols is 1. The van der Waals surface area contributed by atoms with E-state index in [2.05, 4.69) is 5.32 Å². The second-order valence-corrected chi connectivity index (χ2v) is 3.20. The quantitative estimate of drug-likeness (QED) is 0.583. The van der Waals surface area contributed by atoms with Crippen LogP contribution < -0.4 is 5.32 Å². The van der Waals surface area contributed by atoms with Gasteiger partial charge in [-0.15, -0.1) is 0 Å². The molecule has 7 nitrogen and oxygen atoms in total. The highest BCUT2D eigenvalue weighted by Gasteiger charge is 2.10. The van der Waals surface area contributed by atoms with E-state index in [4.69, 9.17) is 10.2 Å². The predicted octanol–water partition coefficient (Wildman–Crippen LogP) is 0.670. The fraction of sp³-hybridized carbons (Fsp3) is 0. The number of benzene rings is 1. The summed E-state index contributed by atoms with van der Waals surface area (Å²) in [6.07, 6.45) is 1.45. The maximum atomic E-state index is 11.2. The van der Waals surface area contributed by atoms with E-state index in [9.17, 15) is 19.5 Å². The van der Waals surface area contributed by atoms with Gasteiger partial charge < -0.3 is 20.6 Å². The molecule has 0 heterocycles. The van der Waals surface area contributed by atoms with E-state index in [0.29, 0.717) is 6.08 Å². The summed E-state index contributed by atoms with van der Waals surface area (Å²) < 4.78 is 0. The van der Waals surface area contributed by atoms with Gasteiger partial charge in [-0.25, -0.2) is 9.59 Å². The SMILES string of the molecule is O=C(O)/C=C/C(=O)Nc1ccc(C(=O)O)c(O)c1. The molecule has 1 rings (SSSR count). The number of aromatic carboxylic acids is 1. The zero-order chi connectivity index (χ0) is 13.7. The lowest BCUT2D eigenvalue weighted by molar-refractivity contribution is -0.131. The average Bonchev–Trinajstić information content (AvgIpc) is 2.26. The molecule has 0 aliphatic heterocycles. The molecule has 0 aliphatic rings. The van der Waals surface area contributed by atoms with Crippen LogP contribution in [0.1, 0.15) is 10.4 Å². The van der Waals surface area contributed by atoms with Crippen molar-refractivity contribution in [2.45, 2.75) is 0 Å². The van der Waals surface area contributed by atoms with Crippen molar-refractivity contribution >= 4 is 23.5 Å². The van der Waals surface area contributed by atoms with Crippen molar-refractivity contribution in [3.8, 4) is 5.75 Å². The van der Waals surface area contributed by atoms with Crippen LogP contribution >= 0.6 is 0 Å². The van der Waals surface area contributed by atoms with Crippen LogP contribution in [0.5, 0.6) is 5.75 Å². The van der Waals surface area contributed by atoms with Gasteiger partial charge in [-0.05, 0) is 12.1 Å². The number of carboxylic acid groups (broad SMARTS) is 2. The Morgan fingerprint density at radius 2 is 1.78 bits per heavy atom. The number of rotatable bonds is 4. The number of anilines is 1. The minimum atomic E-state index is -1.30. The van der Waals surface area contributed by atoms with Gasteiger partial charge in [0.05, 0.1) is 0 Å². The number of hydrogen-bond acceptors (Lipinski definition) is 4. The summed E-state index contributed by atoms with van der Waals surface area (Å²) in [5.41, 5.74) is -0.147. The Morgan fingerprint density at radius 3 is 2.28 bits per heavy atom. The molecule has 1 aromatic carbocycles. The highest BCUT2D eigenvalue weighted by atomic mass is 16.4. The van der Waals surface area contributed by atoms with Crippen molar-refractivity contribution in [2.75, 3.05) is 5.32 Å². The molecule has 0 atom stereocenters. The third kappa shape index (κ3) is 3.63. The smallest absolute Gasteiger partial charge is 0.339 e. The normalized spacial score (nSPS) is 10.2. The number of aromatic hydroxyl groups is 1. The second kappa shape index (κ2) is 5.48. The van der Waals surface area contributed by atoms with E-state index in [1.165, 1.54) is 6.07 Å². The van der Waals surface area contributed by atoms with Crippen LogP contribution in [0.15, 0.2) is 30.4 Å². The molecule has 0 spiro atoms. The van der Waals surface area contributed by atoms with Crippen molar-refractivity contribution < 1.29 is 29.7 Å². The predicted molar refractivity (Wildman–Crippen MR) is 60.5 cm³/mol. The van der Waals surface area contributed by atoms with Crippen molar-refractivity contribution in [2.24, 2.45) is 0 Å². The number of hydrogen-bond donors (Lipinski definition) is 4. The first-order valence-corrected chi connectivity index (χ1v) is 4.68. The van der Waals surface area contributed by atoms with Crippen LogP contribution in [0.4, 0.5) is 5.69 Å². The Kier molecular flexibility index (Phi) is 4.03. The molecule has 1 aromatic rings. The van der Waals surface area contributed by atoms with Crippen LogP contribution in [-0.4, -0.2) is 33.2 Å². The number of carbonyl (C=O) groups excluding carboxylic acids is 1. The van der Waals surface area contributed by atoms with E-state index in [-0.39, 0.29) is 11.3 Å². The van der Waals surface area contributed by atoms with E-state index in [0.717, 1.165) is 18.2 Å². The molecule has 1 amide bonds. The number of carboxylic acids is 2. The third-order valence-corrected chi connectivity index (χ3v) is 1.87. The minimum absolute atomic E-state index is 0.150. The maximum Gasteiger partial charge on any atom is 0.339 e. The lowest BCUT2D eigenvalue weighted by Gasteiger charge is -2.04. The molecule has 0 bridgehead atoms. The summed E-state index contributed by atoms with van der Waals surface area (Å²) in [5.74, 6) is -3.77. The minimum Gasteiger partial charge on any atom is -0.507 e. The first kappa shape index (κ1) is 13.2. The molecule has 0 saturated carbocycles. The van der Waals surface area contributed by atoms with Gasteiger partial charge in [-0.2, -0.15) is 0 Å². The van der Waals surface area contributed by atoms with Crippen LogP contribution in [0.25, 0.3) is 0 Å². The number of carbonyl (C=O) groups is 3. The van der Waals surface area contributed by atoms with Gasteiger partial charge in [-0.3, -0.25) is 4.79 Å². The van der Waals surface area contributed by atoms with E-state index >= 15 is 0 Å². The number of nitrogens with one attached hydrogen (secondary N) is 1. The van der Waals surface area contributed by atoms with E-state index in [1.54, 1.807) is 0 Å². The zero-order valence-electron chi connectivity index (χ0n) is 8.95. The molecule has 0 unspecified atom stereocenters. The van der Waals surface area contributed by atoms with Crippen molar-refractivity contribution in [3.63, 3.8) is 0 Å². The molecule has 7 heteroatoms. The first-order valence-electron chi connectivity index (χ1n) is 4.68. The summed E-state index contributed by atoms with van der Waals surface area (Å²) in [6.45, 7) is 0. The Bertz CT molecular complexity index is 534. The summed E-state index contributed by atoms with van der Waals surface area (Å²) in [6, 6.07) is 3.44. The lowest BCUT2D eigenvalue weighted by Crippen LogP contribution is -2.09. The van der Waals surface area contributed by atoms with E-state index in [1.807, 2.05) is 0 Å². The molecule has 18 heavy (non-hydrogen) atoms. The maximum absolute atomic E-state index is 11.2. The molecule has 0 aliphatic carbocycles. The molecule has 0 fully saturated rings. The van der Waals surface area contributed by atoms with Crippen molar-refractivity contribution in [1.82, 2.24) is 0 Å². The van der Waals surface area contributed by atoms with Gasteiger partial charge in [0.25, 0.3) is 0 Å². The van der Waals surface area contributed by atoms with Crippen LogP contribution in [0.3, 0.4) is 0 Å². The Balaban J connectivity index is 2.81. The number of amides is 1. The lowest BCUT2D eigenvalue weighted by atomic mass is 10.2. The average molecular weight is 251 g/mol. The van der Waals surface area contributed by atoms with Gasteiger partial charge in [0.1, 0.15) is 11.3 Å². The summed E-state index contributed by atoms with van der Waals surface area (Å²) in [4.78, 5) is 32.0. The first-order chi connectivity index (χ1) is 8.40. The topological polar surface area (TPSA) is 124 Å². The van der Waals surface area contributed by atoms with Gasteiger partial charge in [0.15, 0.2) is 0 Å². The molecule has 0 saturated heterocycles. The summed E-state index contributed by atoms with van der Waals surface area (Å²) >= 11 is 0. The molecule has 0 radical (unpaired) electrons. The summed E-state index contributed by atoms with van der Waals surface area (Å²) in [5, 5.41) is 28.6. The fourth-order valence-corrected chi connectivity index (χ4v) is 1.12. The number of aliphatic carboxylic acids is 1. The van der Waals surface area contributed by atoms with Crippen LogP contribution in [-0.2, 0) is 9.59 Å². The van der Waals surface area contributed by atoms with E-state index < -0.39 is 23.6 Å². The van der Waals surface area contributed by atoms with Gasteiger partial charge in [0.2, 0.25) is 5.91 Å². The molecule has 94 valence electrons. The Hall–Kier alpha value is -2.83. The Labute approximate surface area is 101 Å². The fourth-order valence-electron chi connectivity index (χ4n) is 1.12. The highest BCUT2D eigenvalue weighted by Crippen LogP contribution is 2.21. The Morgan fingerprint density at radius 1 is 1.11 bits per heavy atom. The third-order valence-electron chi connectivity index (χ3n) is 1.87. The van der Waals surface area contributed by atoms with Crippen molar-refractivity contribution in [3.05, 3.63) is 35.9 Å². The molecular weight excluding hydrogens is 242 g/mol. The van der Waals surface area contributed by atoms with Gasteiger partial charge >= 0.3 is 11.9 Å². The molecule has 0 aromatic heterocycles. The highest BCUT2D eigenvalue weighted by molar-refractivity contribution is 6.02. The monoisotopic (exact) mass is 251 g/mol. The largest absolute Gasteiger partial charge is 0.507 e. The molecular formula is C11H9NO6. The van der Waals surface area contributed by atoms with Crippen LogP contribution in [0.2, 0.25) is 0 Å². The second-order valence-electron chi connectivity index (χ2n) is 3.20. The molecule has 4 N–H and O–H groups in total. The van der Waals surface area contributed by atoms with Crippen molar-refractivity contribution in [1.29, 1.82) is 0 Å². The van der Waals surface area contributed by atoms with Gasteiger partial charge in [-0.1, -0.05) is 0 Å². The van der Waals surface area contributed by atoms with Crippen LogP contribution in [0, 0.1) is 0 Å².